The molecular weight excluding hydrogens is 404 g/mol. The van der Waals surface area contributed by atoms with Crippen molar-refractivity contribution in [2.45, 2.75) is 11.4 Å². The third-order valence-corrected chi connectivity index (χ3v) is 5.71. The first-order valence-electron chi connectivity index (χ1n) is 9.10. The van der Waals surface area contributed by atoms with E-state index >= 15 is 0 Å². The lowest BCUT2D eigenvalue weighted by Gasteiger charge is -2.13. The third-order valence-electron chi connectivity index (χ3n) is 4.41. The lowest BCUT2D eigenvalue weighted by atomic mass is 10.2. The highest BCUT2D eigenvalue weighted by Gasteiger charge is 2.20. The summed E-state index contributed by atoms with van der Waals surface area (Å²) in [6.45, 7) is 0.429. The van der Waals surface area contributed by atoms with Crippen molar-refractivity contribution >= 4 is 32.7 Å². The molecule has 2 aromatic heterocycles. The Morgan fingerprint density at radius 1 is 1.00 bits per heavy atom. The van der Waals surface area contributed by atoms with Gasteiger partial charge in [0.25, 0.3) is 10.0 Å². The van der Waals surface area contributed by atoms with Crippen LogP contribution in [0.2, 0.25) is 0 Å². The number of benzene rings is 2. The van der Waals surface area contributed by atoms with Crippen LogP contribution >= 0.6 is 0 Å². The van der Waals surface area contributed by atoms with E-state index in [-0.39, 0.29) is 10.7 Å². The summed E-state index contributed by atoms with van der Waals surface area (Å²) in [5.74, 6) is 1.21. The van der Waals surface area contributed by atoms with Gasteiger partial charge < -0.3 is 10.1 Å². The maximum atomic E-state index is 12.8. The molecule has 154 valence electrons. The standard InChI is InChI=1S/C20H20N6O3S/c1-26-13-16(12-22-26)30(27,28)25-20-19(23-17-5-3-4-6-18(17)24-20)21-11-14-7-9-15(29-2)10-8-14/h3-10,12-13H,11H2,1-2H3,(H,21,23)(H,24,25). The first-order chi connectivity index (χ1) is 14.4. The predicted molar refractivity (Wildman–Crippen MR) is 114 cm³/mol. The Labute approximate surface area is 173 Å². The second-order valence-electron chi connectivity index (χ2n) is 6.57. The normalized spacial score (nSPS) is 11.4. The molecule has 2 heterocycles. The number of ether oxygens (including phenoxy) is 1. The number of nitrogens with one attached hydrogen (secondary N) is 2. The van der Waals surface area contributed by atoms with Gasteiger partial charge in [0.2, 0.25) is 0 Å². The number of rotatable bonds is 7. The van der Waals surface area contributed by atoms with Gasteiger partial charge >= 0.3 is 0 Å². The second kappa shape index (κ2) is 7.99. The Morgan fingerprint density at radius 3 is 2.27 bits per heavy atom. The molecule has 0 aliphatic carbocycles. The smallest absolute Gasteiger partial charge is 0.266 e. The summed E-state index contributed by atoms with van der Waals surface area (Å²) in [5.41, 5.74) is 2.21. The Balaban J connectivity index is 1.66. The Morgan fingerprint density at radius 2 is 1.67 bits per heavy atom. The van der Waals surface area contributed by atoms with Crippen LogP contribution in [0.25, 0.3) is 11.0 Å². The molecule has 0 aliphatic heterocycles. The third kappa shape index (κ3) is 4.18. The number of hydrogen-bond donors (Lipinski definition) is 2. The minimum Gasteiger partial charge on any atom is -0.497 e. The number of fused-ring (bicyclic) bond motifs is 1. The first kappa shape index (κ1) is 19.6. The van der Waals surface area contributed by atoms with Gasteiger partial charge in [-0.05, 0) is 29.8 Å². The van der Waals surface area contributed by atoms with Gasteiger partial charge in [-0.1, -0.05) is 24.3 Å². The van der Waals surface area contributed by atoms with Crippen molar-refractivity contribution in [1.82, 2.24) is 19.7 Å². The van der Waals surface area contributed by atoms with Crippen LogP contribution in [0.3, 0.4) is 0 Å². The molecule has 4 aromatic rings. The van der Waals surface area contributed by atoms with Gasteiger partial charge in [0, 0.05) is 19.8 Å². The first-order valence-corrected chi connectivity index (χ1v) is 10.6. The van der Waals surface area contributed by atoms with Crippen molar-refractivity contribution in [1.29, 1.82) is 0 Å². The van der Waals surface area contributed by atoms with Crippen molar-refractivity contribution in [3.05, 3.63) is 66.5 Å². The highest BCUT2D eigenvalue weighted by molar-refractivity contribution is 7.92. The highest BCUT2D eigenvalue weighted by atomic mass is 32.2. The molecule has 0 unspecified atom stereocenters. The van der Waals surface area contributed by atoms with Gasteiger partial charge in [-0.25, -0.2) is 18.4 Å². The van der Waals surface area contributed by atoms with Gasteiger partial charge in [-0.3, -0.25) is 9.40 Å². The molecule has 30 heavy (non-hydrogen) atoms. The monoisotopic (exact) mass is 424 g/mol. The summed E-state index contributed by atoms with van der Waals surface area (Å²) in [7, 11) is -0.609. The largest absolute Gasteiger partial charge is 0.497 e. The maximum Gasteiger partial charge on any atom is 0.266 e. The molecule has 0 fully saturated rings. The second-order valence-corrected chi connectivity index (χ2v) is 8.25. The number of nitrogens with zero attached hydrogens (tertiary/aromatic N) is 4. The topological polar surface area (TPSA) is 111 Å². The molecule has 0 radical (unpaired) electrons. The summed E-state index contributed by atoms with van der Waals surface area (Å²) in [6, 6.07) is 14.8. The predicted octanol–water partition coefficient (Wildman–Crippen LogP) is 2.78. The van der Waals surface area contributed by atoms with Gasteiger partial charge in [0.1, 0.15) is 10.6 Å². The summed E-state index contributed by atoms with van der Waals surface area (Å²) < 4.78 is 34.7. The molecule has 4 rings (SSSR count). The number of methoxy groups -OCH3 is 1. The summed E-state index contributed by atoms with van der Waals surface area (Å²) in [5, 5.41) is 7.10. The molecule has 2 aromatic carbocycles. The fraction of sp³-hybridized carbons (Fsp3) is 0.150. The number of hydrogen-bond acceptors (Lipinski definition) is 7. The molecule has 0 saturated carbocycles. The van der Waals surface area contributed by atoms with Crippen LogP contribution in [0.5, 0.6) is 5.75 Å². The van der Waals surface area contributed by atoms with Crippen LogP contribution in [0.15, 0.2) is 65.8 Å². The lowest BCUT2D eigenvalue weighted by molar-refractivity contribution is 0.414. The van der Waals surface area contributed by atoms with E-state index in [0.29, 0.717) is 23.4 Å². The van der Waals surface area contributed by atoms with Gasteiger partial charge in [0.15, 0.2) is 11.6 Å². The Hall–Kier alpha value is -3.66. The van der Waals surface area contributed by atoms with Crippen LogP contribution in [0.4, 0.5) is 11.6 Å². The molecule has 0 spiro atoms. The van der Waals surface area contributed by atoms with E-state index in [9.17, 15) is 8.42 Å². The minimum absolute atomic E-state index is 0.0427. The minimum atomic E-state index is -3.87. The average Bonchev–Trinajstić information content (AvgIpc) is 3.20. The molecule has 0 aliphatic rings. The van der Waals surface area contributed by atoms with Crippen LogP contribution < -0.4 is 14.8 Å². The molecule has 9 nitrogen and oxygen atoms in total. The van der Waals surface area contributed by atoms with E-state index in [1.807, 2.05) is 42.5 Å². The van der Waals surface area contributed by atoms with E-state index in [0.717, 1.165) is 11.3 Å². The average molecular weight is 424 g/mol. The van der Waals surface area contributed by atoms with E-state index in [1.165, 1.54) is 17.1 Å². The van der Waals surface area contributed by atoms with Crippen molar-refractivity contribution in [2.24, 2.45) is 7.05 Å². The fourth-order valence-corrected chi connectivity index (χ4v) is 3.84. The molecule has 10 heteroatoms. The SMILES string of the molecule is COc1ccc(CNc2nc3ccccc3nc2NS(=O)(=O)c2cnn(C)c2)cc1. The quantitative estimate of drug-likeness (QED) is 0.469. The van der Waals surface area contributed by atoms with Crippen molar-refractivity contribution in [3.63, 3.8) is 0 Å². The van der Waals surface area contributed by atoms with E-state index in [1.54, 1.807) is 20.2 Å². The molecule has 2 N–H and O–H groups in total. The summed E-state index contributed by atoms with van der Waals surface area (Å²) in [4.78, 5) is 9.07. The number of sulfonamides is 1. The van der Waals surface area contributed by atoms with Crippen LogP contribution in [0, 0.1) is 0 Å². The summed E-state index contributed by atoms with van der Waals surface area (Å²) in [6.07, 6.45) is 2.70. The van der Waals surface area contributed by atoms with Gasteiger partial charge in [-0.2, -0.15) is 5.10 Å². The van der Waals surface area contributed by atoms with Crippen LogP contribution in [-0.4, -0.2) is 35.3 Å². The molecule has 0 saturated heterocycles. The van der Waals surface area contributed by atoms with Crippen molar-refractivity contribution in [2.75, 3.05) is 17.1 Å². The van der Waals surface area contributed by atoms with Gasteiger partial charge in [0.05, 0.1) is 24.3 Å². The Bertz CT molecular complexity index is 1290. The summed E-state index contributed by atoms with van der Waals surface area (Å²) >= 11 is 0. The van der Waals surface area contributed by atoms with E-state index in [2.05, 4.69) is 25.1 Å². The zero-order chi connectivity index (χ0) is 21.1. The number of aromatic nitrogens is 4. The molecule has 0 amide bonds. The molecule has 0 atom stereocenters. The van der Waals surface area contributed by atoms with Crippen molar-refractivity contribution in [3.8, 4) is 5.75 Å². The number of para-hydroxylation sites is 2. The maximum absolute atomic E-state index is 12.8. The van der Waals surface area contributed by atoms with Crippen LogP contribution in [0.1, 0.15) is 5.56 Å². The fourth-order valence-electron chi connectivity index (χ4n) is 2.85. The van der Waals surface area contributed by atoms with E-state index < -0.39 is 10.0 Å². The number of aryl methyl sites for hydroxylation is 1. The zero-order valence-corrected chi connectivity index (χ0v) is 17.2. The van der Waals surface area contributed by atoms with Crippen molar-refractivity contribution < 1.29 is 13.2 Å². The van der Waals surface area contributed by atoms with Crippen LogP contribution in [-0.2, 0) is 23.6 Å². The zero-order valence-electron chi connectivity index (χ0n) is 16.4. The van der Waals surface area contributed by atoms with E-state index in [4.69, 9.17) is 4.74 Å². The number of anilines is 2. The van der Waals surface area contributed by atoms with Gasteiger partial charge in [-0.15, -0.1) is 0 Å². The lowest BCUT2D eigenvalue weighted by Crippen LogP contribution is -2.16. The Kier molecular flexibility index (Phi) is 5.23. The molecular formula is C20H20N6O3S. The highest BCUT2D eigenvalue weighted by Crippen LogP contribution is 2.25. The molecule has 0 bridgehead atoms.